The molecule has 7 heteroatoms. The molecule has 0 bridgehead atoms. The quantitative estimate of drug-likeness (QED) is 0.707. The highest BCUT2D eigenvalue weighted by Gasteiger charge is 2.44. The molecule has 1 saturated carbocycles. The van der Waals surface area contributed by atoms with E-state index >= 15 is 0 Å². The van der Waals surface area contributed by atoms with Gasteiger partial charge in [0.25, 0.3) is 5.91 Å². The Balaban J connectivity index is 1.33. The zero-order chi connectivity index (χ0) is 22.2. The topological polar surface area (TPSA) is 90.0 Å². The van der Waals surface area contributed by atoms with Crippen LogP contribution in [0.1, 0.15) is 70.3 Å². The van der Waals surface area contributed by atoms with E-state index in [1.165, 1.54) is 4.90 Å². The molecule has 2 saturated heterocycles. The molecule has 0 spiro atoms. The number of aliphatic hydroxyl groups is 1. The highest BCUT2D eigenvalue weighted by atomic mass is 16.3. The van der Waals surface area contributed by atoms with E-state index in [0.29, 0.717) is 31.1 Å². The Morgan fingerprint density at radius 2 is 1.94 bits per heavy atom. The third-order valence-electron chi connectivity index (χ3n) is 7.26. The van der Waals surface area contributed by atoms with Gasteiger partial charge in [0, 0.05) is 25.4 Å². The normalized spacial score (nSPS) is 28.6. The van der Waals surface area contributed by atoms with Gasteiger partial charge in [0.15, 0.2) is 0 Å². The summed E-state index contributed by atoms with van der Waals surface area (Å²) >= 11 is 0. The fourth-order valence-corrected chi connectivity index (χ4v) is 5.20. The van der Waals surface area contributed by atoms with Crippen molar-refractivity contribution in [3.8, 4) is 0 Å². The van der Waals surface area contributed by atoms with Crippen LogP contribution in [-0.2, 0) is 9.59 Å². The number of piperidine rings is 1. The number of benzene rings is 1. The van der Waals surface area contributed by atoms with E-state index in [1.54, 1.807) is 12.1 Å². The first-order valence-electron chi connectivity index (χ1n) is 11.5. The van der Waals surface area contributed by atoms with Crippen molar-refractivity contribution in [2.24, 2.45) is 5.92 Å². The van der Waals surface area contributed by atoms with Gasteiger partial charge in [0.1, 0.15) is 6.04 Å². The van der Waals surface area contributed by atoms with Crippen molar-refractivity contribution in [3.63, 3.8) is 0 Å². The Morgan fingerprint density at radius 3 is 2.65 bits per heavy atom. The van der Waals surface area contributed by atoms with Crippen LogP contribution in [0.3, 0.4) is 0 Å². The highest BCUT2D eigenvalue weighted by Crippen LogP contribution is 2.40. The van der Waals surface area contributed by atoms with Crippen LogP contribution < -0.4 is 10.2 Å². The molecular weight excluding hydrogens is 394 g/mol. The number of fused-ring (bicyclic) bond motifs is 1. The minimum Gasteiger partial charge on any atom is -0.389 e. The fraction of sp³-hybridized carbons (Fsp3) is 0.625. The van der Waals surface area contributed by atoms with E-state index < -0.39 is 17.7 Å². The van der Waals surface area contributed by atoms with E-state index in [-0.39, 0.29) is 30.6 Å². The number of urea groups is 1. The Morgan fingerprint density at radius 1 is 1.19 bits per heavy atom. The smallest absolute Gasteiger partial charge is 0.329 e. The molecule has 7 nitrogen and oxygen atoms in total. The second-order valence-corrected chi connectivity index (χ2v) is 9.60. The van der Waals surface area contributed by atoms with Crippen molar-refractivity contribution < 1.29 is 19.5 Å². The monoisotopic (exact) mass is 427 g/mol. The molecule has 4 rings (SSSR count). The Kier molecular flexibility index (Phi) is 6.06. The number of anilines is 1. The number of amides is 4. The first-order chi connectivity index (χ1) is 14.8. The molecule has 2 N–H and O–H groups in total. The van der Waals surface area contributed by atoms with Gasteiger partial charge in [-0.25, -0.2) is 9.69 Å². The van der Waals surface area contributed by atoms with Gasteiger partial charge in [-0.15, -0.1) is 0 Å². The van der Waals surface area contributed by atoms with Crippen LogP contribution in [0.5, 0.6) is 0 Å². The standard InChI is InChI=1S/C24H33N3O4/c1-16(2)17-6-8-19(9-7-17)27-22(29)20(25-23(27)30)10-11-21(28)26-14-13-24(31)12-4-3-5-18(24)15-26/h6-9,16,18,20,31H,3-5,10-15H2,1-2H3,(H,25,30)/t18-,20-,24+/m0/s1. The number of carbonyl (C=O) groups excluding carboxylic acids is 3. The number of nitrogens with one attached hydrogen (secondary N) is 1. The van der Waals surface area contributed by atoms with Gasteiger partial charge >= 0.3 is 6.03 Å². The predicted molar refractivity (Wildman–Crippen MR) is 118 cm³/mol. The lowest BCUT2D eigenvalue weighted by Crippen LogP contribution is -2.54. The van der Waals surface area contributed by atoms with E-state index in [2.05, 4.69) is 19.2 Å². The minimum atomic E-state index is -0.683. The summed E-state index contributed by atoms with van der Waals surface area (Å²) in [6.45, 7) is 5.33. The number of imide groups is 1. The average Bonchev–Trinajstić information content (AvgIpc) is 3.04. The SMILES string of the molecule is CC(C)c1ccc(N2C(=O)N[C@@H](CCC(=O)N3CC[C@]4(O)CCCC[C@H]4C3)C2=O)cc1. The zero-order valence-electron chi connectivity index (χ0n) is 18.5. The Hall–Kier alpha value is -2.41. The van der Waals surface area contributed by atoms with Gasteiger partial charge in [-0.1, -0.05) is 38.8 Å². The summed E-state index contributed by atoms with van der Waals surface area (Å²) in [6, 6.07) is 6.32. The van der Waals surface area contributed by atoms with E-state index in [0.717, 1.165) is 31.2 Å². The van der Waals surface area contributed by atoms with Crippen LogP contribution >= 0.6 is 0 Å². The van der Waals surface area contributed by atoms with Crippen LogP contribution in [-0.4, -0.2) is 52.6 Å². The molecule has 1 aliphatic carbocycles. The van der Waals surface area contributed by atoms with Crippen LogP contribution in [0.25, 0.3) is 0 Å². The molecule has 31 heavy (non-hydrogen) atoms. The summed E-state index contributed by atoms with van der Waals surface area (Å²) < 4.78 is 0. The highest BCUT2D eigenvalue weighted by molar-refractivity contribution is 6.21. The first-order valence-corrected chi connectivity index (χ1v) is 11.5. The van der Waals surface area contributed by atoms with Crippen molar-refractivity contribution in [2.75, 3.05) is 18.0 Å². The molecule has 168 valence electrons. The molecular formula is C24H33N3O4. The van der Waals surface area contributed by atoms with Crippen molar-refractivity contribution in [2.45, 2.75) is 76.4 Å². The minimum absolute atomic E-state index is 0.00518. The number of rotatable bonds is 5. The molecule has 1 aromatic rings. The van der Waals surface area contributed by atoms with Crippen molar-refractivity contribution >= 4 is 23.5 Å². The van der Waals surface area contributed by atoms with Crippen LogP contribution in [0.2, 0.25) is 0 Å². The number of hydrogen-bond donors (Lipinski definition) is 2. The molecule has 2 heterocycles. The second kappa shape index (κ2) is 8.61. The number of nitrogens with zero attached hydrogens (tertiary/aromatic N) is 2. The van der Waals surface area contributed by atoms with Gasteiger partial charge in [0.2, 0.25) is 5.91 Å². The maximum Gasteiger partial charge on any atom is 0.329 e. The van der Waals surface area contributed by atoms with E-state index in [9.17, 15) is 19.5 Å². The van der Waals surface area contributed by atoms with Crippen molar-refractivity contribution in [3.05, 3.63) is 29.8 Å². The lowest BCUT2D eigenvalue weighted by atomic mass is 9.71. The molecule has 0 unspecified atom stereocenters. The zero-order valence-corrected chi connectivity index (χ0v) is 18.5. The molecule has 3 fully saturated rings. The van der Waals surface area contributed by atoms with Crippen molar-refractivity contribution in [1.29, 1.82) is 0 Å². The lowest BCUT2D eigenvalue weighted by Gasteiger charge is -2.47. The summed E-state index contributed by atoms with van der Waals surface area (Å²) in [5.74, 6) is 0.205. The second-order valence-electron chi connectivity index (χ2n) is 9.60. The maximum atomic E-state index is 12.8. The van der Waals surface area contributed by atoms with Gasteiger partial charge in [-0.3, -0.25) is 9.59 Å². The fourth-order valence-electron chi connectivity index (χ4n) is 5.20. The maximum absolute atomic E-state index is 12.8. The number of hydrogen-bond acceptors (Lipinski definition) is 4. The first kappa shape index (κ1) is 21.8. The summed E-state index contributed by atoms with van der Waals surface area (Å²) in [7, 11) is 0. The molecule has 0 aromatic heterocycles. The average molecular weight is 428 g/mol. The van der Waals surface area contributed by atoms with Gasteiger partial charge < -0.3 is 15.3 Å². The number of likely N-dealkylation sites (tertiary alicyclic amines) is 1. The third-order valence-corrected chi connectivity index (χ3v) is 7.26. The largest absolute Gasteiger partial charge is 0.389 e. The molecule has 3 atom stereocenters. The lowest BCUT2D eigenvalue weighted by molar-refractivity contribution is -0.143. The predicted octanol–water partition coefficient (Wildman–Crippen LogP) is 3.17. The summed E-state index contributed by atoms with van der Waals surface area (Å²) in [5, 5.41) is 13.5. The molecule has 3 aliphatic rings. The third kappa shape index (κ3) is 4.33. The van der Waals surface area contributed by atoms with Crippen LogP contribution in [0.15, 0.2) is 24.3 Å². The van der Waals surface area contributed by atoms with Gasteiger partial charge in [-0.05, 0) is 49.3 Å². The van der Waals surface area contributed by atoms with Gasteiger partial charge in [0.05, 0.1) is 11.3 Å². The molecule has 2 aliphatic heterocycles. The number of carbonyl (C=O) groups is 3. The van der Waals surface area contributed by atoms with Crippen LogP contribution in [0.4, 0.5) is 10.5 Å². The van der Waals surface area contributed by atoms with E-state index in [1.807, 2.05) is 17.0 Å². The summed E-state index contributed by atoms with van der Waals surface area (Å²) in [5.41, 5.74) is 1.08. The summed E-state index contributed by atoms with van der Waals surface area (Å²) in [6.07, 6.45) is 5.07. The van der Waals surface area contributed by atoms with E-state index in [4.69, 9.17) is 0 Å². The van der Waals surface area contributed by atoms with Crippen molar-refractivity contribution in [1.82, 2.24) is 10.2 Å². The summed E-state index contributed by atoms with van der Waals surface area (Å²) in [4.78, 5) is 41.0. The van der Waals surface area contributed by atoms with Gasteiger partial charge in [-0.2, -0.15) is 0 Å². The Labute approximate surface area is 183 Å². The molecule has 4 amide bonds. The molecule has 0 radical (unpaired) electrons. The Bertz CT molecular complexity index is 853. The molecule has 1 aromatic carbocycles. The van der Waals surface area contributed by atoms with Crippen LogP contribution in [0, 0.1) is 5.92 Å².